The molecule has 0 radical (unpaired) electrons. The van der Waals surface area contributed by atoms with Crippen LogP contribution >= 0.6 is 0 Å². The van der Waals surface area contributed by atoms with E-state index in [1.54, 1.807) is 0 Å². The van der Waals surface area contributed by atoms with E-state index in [1.165, 1.54) is 0 Å². The highest BCUT2D eigenvalue weighted by atomic mass is 16.4. The molecule has 0 aliphatic heterocycles. The summed E-state index contributed by atoms with van der Waals surface area (Å²) < 4.78 is 0. The van der Waals surface area contributed by atoms with E-state index in [2.05, 4.69) is 0 Å². The maximum Gasteiger partial charge on any atom is 0.111 e. The van der Waals surface area contributed by atoms with Gasteiger partial charge in [0.1, 0.15) is 18.3 Å². The normalized spacial score (nSPS) is 16.2. The molecule has 0 heterocycles. The average molecular weight is 374 g/mol. The summed E-state index contributed by atoms with van der Waals surface area (Å²) in [5.41, 5.74) is 5.95. The molecule has 2 aromatic rings. The molecule has 0 amide bonds. The van der Waals surface area contributed by atoms with Crippen molar-refractivity contribution in [3.05, 3.63) is 69.8 Å². The lowest BCUT2D eigenvalue weighted by Crippen LogP contribution is -2.48. The fourth-order valence-corrected chi connectivity index (χ4v) is 3.24. The van der Waals surface area contributed by atoms with Crippen LogP contribution in [-0.4, -0.2) is 56.6 Å². The van der Waals surface area contributed by atoms with Crippen LogP contribution in [0.1, 0.15) is 39.3 Å². The molecule has 0 saturated carbocycles. The summed E-state index contributed by atoms with van der Waals surface area (Å²) in [6, 6.07) is 11.6. The number of hydrogen-bond donors (Lipinski definition) is 5. The molecular weight excluding hydrogens is 344 g/mol. The van der Waals surface area contributed by atoms with E-state index in [-0.39, 0.29) is 0 Å². The van der Waals surface area contributed by atoms with Gasteiger partial charge in [0.2, 0.25) is 0 Å². The third kappa shape index (κ3) is 4.75. The van der Waals surface area contributed by atoms with Gasteiger partial charge in [-0.1, -0.05) is 36.4 Å². The number of aryl methyl sites for hydroxylation is 4. The van der Waals surface area contributed by atoms with Gasteiger partial charge in [0, 0.05) is 5.92 Å². The lowest BCUT2D eigenvalue weighted by molar-refractivity contribution is -0.117. The fourth-order valence-electron chi connectivity index (χ4n) is 3.24. The van der Waals surface area contributed by atoms with Crippen molar-refractivity contribution in [2.45, 2.75) is 58.0 Å². The van der Waals surface area contributed by atoms with Crippen molar-refractivity contribution < 1.29 is 25.5 Å². The lowest BCUT2D eigenvalue weighted by atomic mass is 9.81. The molecular formula is C22H30O5. The molecule has 2 rings (SSSR count). The highest BCUT2D eigenvalue weighted by Gasteiger charge is 2.36. The molecule has 4 unspecified atom stereocenters. The average Bonchev–Trinajstić information content (AvgIpc) is 2.65. The van der Waals surface area contributed by atoms with E-state index in [9.17, 15) is 20.4 Å². The van der Waals surface area contributed by atoms with Crippen LogP contribution in [0.5, 0.6) is 0 Å². The maximum atomic E-state index is 10.9. The van der Waals surface area contributed by atoms with Gasteiger partial charge in [0.15, 0.2) is 0 Å². The second-order valence-electron chi connectivity index (χ2n) is 7.39. The molecule has 0 fully saturated rings. The minimum Gasteiger partial charge on any atom is -0.394 e. The van der Waals surface area contributed by atoms with Gasteiger partial charge in [0.05, 0.1) is 12.7 Å². The van der Waals surface area contributed by atoms with Gasteiger partial charge in [0.25, 0.3) is 0 Å². The van der Waals surface area contributed by atoms with Crippen molar-refractivity contribution in [2.24, 2.45) is 0 Å². The summed E-state index contributed by atoms with van der Waals surface area (Å²) in [7, 11) is 0. The van der Waals surface area contributed by atoms with Crippen LogP contribution in [0.2, 0.25) is 0 Å². The van der Waals surface area contributed by atoms with Crippen molar-refractivity contribution in [1.29, 1.82) is 0 Å². The summed E-state index contributed by atoms with van der Waals surface area (Å²) >= 11 is 0. The van der Waals surface area contributed by atoms with E-state index in [0.29, 0.717) is 0 Å². The molecule has 0 bridgehead atoms. The van der Waals surface area contributed by atoms with Crippen LogP contribution in [0.25, 0.3) is 0 Å². The molecule has 2 aromatic carbocycles. The summed E-state index contributed by atoms with van der Waals surface area (Å²) in [6.07, 6.45) is -6.19. The number of aliphatic hydroxyl groups is 5. The summed E-state index contributed by atoms with van der Waals surface area (Å²) in [5.74, 6) is -0.598. The molecule has 0 spiro atoms. The number of rotatable bonds is 7. The zero-order valence-corrected chi connectivity index (χ0v) is 16.3. The highest BCUT2D eigenvalue weighted by molar-refractivity contribution is 5.41. The topological polar surface area (TPSA) is 101 Å². The van der Waals surface area contributed by atoms with E-state index in [4.69, 9.17) is 5.11 Å². The molecule has 5 nitrogen and oxygen atoms in total. The Morgan fingerprint density at radius 2 is 1.07 bits per heavy atom. The fraction of sp³-hybridized carbons (Fsp3) is 0.455. The molecule has 0 aliphatic rings. The van der Waals surface area contributed by atoms with Crippen molar-refractivity contribution in [1.82, 2.24) is 0 Å². The second-order valence-corrected chi connectivity index (χ2v) is 7.39. The van der Waals surface area contributed by atoms with Crippen LogP contribution in [0.3, 0.4) is 0 Å². The Morgan fingerprint density at radius 3 is 1.44 bits per heavy atom. The predicted octanol–water partition coefficient (Wildman–Crippen LogP) is 1.49. The molecule has 5 N–H and O–H groups in total. The lowest BCUT2D eigenvalue weighted by Gasteiger charge is -2.32. The van der Waals surface area contributed by atoms with E-state index >= 15 is 0 Å². The SMILES string of the molecule is Cc1ccc(C(c2ccc(C)c(C)c2)C(O)C(O)C(O)C(O)CO)cc1C. The zero-order chi connectivity index (χ0) is 20.3. The van der Waals surface area contributed by atoms with Gasteiger partial charge < -0.3 is 25.5 Å². The van der Waals surface area contributed by atoms with Gasteiger partial charge in [-0.2, -0.15) is 0 Å². The predicted molar refractivity (Wildman–Crippen MR) is 105 cm³/mol. The highest BCUT2D eigenvalue weighted by Crippen LogP contribution is 2.33. The first kappa shape index (κ1) is 21.5. The first-order chi connectivity index (χ1) is 12.7. The van der Waals surface area contributed by atoms with Crippen LogP contribution < -0.4 is 0 Å². The molecule has 148 valence electrons. The Bertz CT molecular complexity index is 722. The first-order valence-corrected chi connectivity index (χ1v) is 9.14. The summed E-state index contributed by atoms with van der Waals surface area (Å²) in [4.78, 5) is 0. The van der Waals surface area contributed by atoms with Gasteiger partial charge in [-0.25, -0.2) is 0 Å². The smallest absolute Gasteiger partial charge is 0.111 e. The van der Waals surface area contributed by atoms with Crippen molar-refractivity contribution in [3.63, 3.8) is 0 Å². The van der Waals surface area contributed by atoms with Crippen LogP contribution in [0.4, 0.5) is 0 Å². The third-order valence-electron chi connectivity index (χ3n) is 5.40. The standard InChI is InChI=1S/C22H30O5/c1-12-5-7-16(9-14(12)3)19(17-8-6-13(2)15(4)10-17)21(26)22(27)20(25)18(24)11-23/h5-10,18-27H,11H2,1-4H3. The second kappa shape index (κ2) is 8.95. The van der Waals surface area contributed by atoms with Gasteiger partial charge >= 0.3 is 0 Å². The van der Waals surface area contributed by atoms with Crippen LogP contribution in [-0.2, 0) is 0 Å². The van der Waals surface area contributed by atoms with Crippen molar-refractivity contribution >= 4 is 0 Å². The van der Waals surface area contributed by atoms with Crippen LogP contribution in [0.15, 0.2) is 36.4 Å². The minimum absolute atomic E-state index is 0.598. The van der Waals surface area contributed by atoms with Gasteiger partial charge in [-0.05, 0) is 61.1 Å². The Morgan fingerprint density at radius 1 is 0.630 bits per heavy atom. The van der Waals surface area contributed by atoms with Gasteiger partial charge in [-0.15, -0.1) is 0 Å². The van der Waals surface area contributed by atoms with E-state index in [0.717, 1.165) is 33.4 Å². The molecule has 0 aromatic heterocycles. The summed E-state index contributed by atoms with van der Waals surface area (Å²) in [5, 5.41) is 50.1. The van der Waals surface area contributed by atoms with Gasteiger partial charge in [-0.3, -0.25) is 0 Å². The largest absolute Gasteiger partial charge is 0.394 e. The molecule has 0 aliphatic carbocycles. The monoisotopic (exact) mass is 374 g/mol. The Hall–Kier alpha value is -1.76. The van der Waals surface area contributed by atoms with E-state index in [1.807, 2.05) is 64.1 Å². The van der Waals surface area contributed by atoms with Crippen LogP contribution in [0, 0.1) is 27.7 Å². The molecule has 4 atom stereocenters. The Labute approximate surface area is 160 Å². The third-order valence-corrected chi connectivity index (χ3v) is 5.40. The quantitative estimate of drug-likeness (QED) is 0.505. The molecule has 5 heteroatoms. The van der Waals surface area contributed by atoms with Crippen molar-refractivity contribution in [2.75, 3.05) is 6.61 Å². The molecule has 0 saturated heterocycles. The first-order valence-electron chi connectivity index (χ1n) is 9.14. The summed E-state index contributed by atoms with van der Waals surface area (Å²) in [6.45, 7) is 7.24. The Balaban J connectivity index is 2.51. The molecule has 27 heavy (non-hydrogen) atoms. The Kier molecular flexibility index (Phi) is 7.14. The number of aliphatic hydroxyl groups excluding tert-OH is 5. The minimum atomic E-state index is -1.66. The van der Waals surface area contributed by atoms with Crippen molar-refractivity contribution in [3.8, 4) is 0 Å². The maximum absolute atomic E-state index is 10.9. The number of hydrogen-bond acceptors (Lipinski definition) is 5. The van der Waals surface area contributed by atoms with E-state index < -0.39 is 36.9 Å². The number of benzene rings is 2. The zero-order valence-electron chi connectivity index (χ0n) is 16.3.